The number of nitrogens with one attached hydrogen (secondary N) is 1. The molecule has 9 nitrogen and oxygen atoms in total. The van der Waals surface area contributed by atoms with E-state index in [1.165, 1.54) is 11.8 Å². The molecule has 1 fully saturated rings. The number of nitrogens with zero attached hydrogens (tertiary/aromatic N) is 5. The van der Waals surface area contributed by atoms with Crippen LogP contribution in [0, 0.1) is 6.92 Å². The minimum atomic E-state index is -4.69. The molecule has 0 spiro atoms. The maximum atomic E-state index is 13.3. The number of rotatable bonds is 5. The minimum absolute atomic E-state index is 0.0224. The molecule has 0 unspecified atom stereocenters. The Kier molecular flexibility index (Phi) is 7.60. The summed E-state index contributed by atoms with van der Waals surface area (Å²) in [6, 6.07) is 7.63. The highest BCUT2D eigenvalue weighted by Crippen LogP contribution is 2.35. The van der Waals surface area contributed by atoms with E-state index in [2.05, 4.69) is 20.5 Å². The summed E-state index contributed by atoms with van der Waals surface area (Å²) < 4.78 is 46.0. The molecule has 2 aromatic heterocycles. The van der Waals surface area contributed by atoms with Crippen LogP contribution in [-0.4, -0.2) is 49.3 Å². The topological polar surface area (TPSA) is 102 Å². The fraction of sp³-hybridized carbons (Fsp3) is 0.348. The van der Waals surface area contributed by atoms with Crippen molar-refractivity contribution in [1.82, 2.24) is 24.6 Å². The molecular formula is C23H21Cl2F3N6O3. The highest BCUT2D eigenvalue weighted by Gasteiger charge is 2.41. The summed E-state index contributed by atoms with van der Waals surface area (Å²) >= 11 is 11.9. The molecule has 1 saturated heterocycles. The molecular weight excluding hydrogens is 536 g/mol. The zero-order chi connectivity index (χ0) is 26.9. The van der Waals surface area contributed by atoms with E-state index in [9.17, 15) is 22.8 Å². The number of urea groups is 1. The lowest BCUT2D eigenvalue weighted by atomic mass is 10.1. The minimum Gasteiger partial charge on any atom is -0.461 e. The van der Waals surface area contributed by atoms with Gasteiger partial charge in [0.15, 0.2) is 11.0 Å². The normalized spacial score (nSPS) is 17.6. The average molecular weight is 557 g/mol. The molecule has 1 aliphatic rings. The number of alkyl halides is 3. The van der Waals surface area contributed by atoms with Gasteiger partial charge in [0, 0.05) is 18.4 Å². The predicted molar refractivity (Wildman–Crippen MR) is 128 cm³/mol. The van der Waals surface area contributed by atoms with Gasteiger partial charge in [-0.25, -0.2) is 9.78 Å². The van der Waals surface area contributed by atoms with E-state index in [-0.39, 0.29) is 18.7 Å². The van der Waals surface area contributed by atoms with Crippen molar-refractivity contribution in [3.8, 4) is 0 Å². The summed E-state index contributed by atoms with van der Waals surface area (Å²) in [5.74, 6) is 0.532. The fourth-order valence-electron chi connectivity index (χ4n) is 4.07. The predicted octanol–water partition coefficient (Wildman–Crippen LogP) is 5.27. The number of aromatic nitrogens is 4. The number of carbonyl (C=O) groups is 2. The van der Waals surface area contributed by atoms with Crippen LogP contribution in [-0.2, 0) is 22.3 Å². The van der Waals surface area contributed by atoms with E-state index in [0.29, 0.717) is 23.2 Å². The molecule has 2 amide bonds. The molecule has 1 aromatic carbocycles. The lowest BCUT2D eigenvalue weighted by molar-refractivity contribution is -0.145. The fourth-order valence-corrected chi connectivity index (χ4v) is 4.40. The molecule has 196 valence electrons. The zero-order valence-corrected chi connectivity index (χ0v) is 21.1. The van der Waals surface area contributed by atoms with Gasteiger partial charge in [0.2, 0.25) is 0 Å². The number of benzene rings is 1. The number of likely N-dealkylation sites (tertiary alicyclic amines) is 1. The Labute approximate surface area is 219 Å². The number of ether oxygens (including phenoxy) is 1. The van der Waals surface area contributed by atoms with E-state index in [1.54, 1.807) is 19.1 Å². The standard InChI is InChI=1S/C23H21Cl2F3N6O3/c1-12-31-32-21(33(12)10-14-3-5-15(24)6-4-14)18-9-16(37-13(2)35)11-34(18)22(36)29-17-7-8-19(23(26,27)28)30-20(17)25/h3-8,16,18H,9-11H2,1-2H3,(H,29,36)/t16-,18-/m1/s1. The van der Waals surface area contributed by atoms with Crippen molar-refractivity contribution in [2.24, 2.45) is 0 Å². The molecule has 0 saturated carbocycles. The van der Waals surface area contributed by atoms with Crippen LogP contribution in [0.3, 0.4) is 0 Å². The molecule has 4 rings (SSSR count). The Morgan fingerprint density at radius 3 is 2.46 bits per heavy atom. The summed E-state index contributed by atoms with van der Waals surface area (Å²) in [5, 5.41) is 11.0. The first-order chi connectivity index (χ1) is 17.4. The van der Waals surface area contributed by atoms with Crippen LogP contribution in [0.15, 0.2) is 36.4 Å². The van der Waals surface area contributed by atoms with E-state index in [0.717, 1.165) is 17.7 Å². The van der Waals surface area contributed by atoms with Crippen molar-refractivity contribution >= 4 is 40.9 Å². The Morgan fingerprint density at radius 2 is 1.84 bits per heavy atom. The summed E-state index contributed by atoms with van der Waals surface area (Å²) in [7, 11) is 0. The first-order valence-corrected chi connectivity index (χ1v) is 11.8. The Morgan fingerprint density at radius 1 is 1.14 bits per heavy atom. The smallest absolute Gasteiger partial charge is 0.433 e. The van der Waals surface area contributed by atoms with Gasteiger partial charge in [0.05, 0.1) is 24.8 Å². The molecule has 3 aromatic rings. The SMILES string of the molecule is CC(=O)O[C@@H]1C[C@H](c2nnc(C)n2Cc2ccc(Cl)cc2)N(C(=O)Nc2ccc(C(F)(F)F)nc2Cl)C1. The van der Waals surface area contributed by atoms with Crippen molar-refractivity contribution in [1.29, 1.82) is 0 Å². The van der Waals surface area contributed by atoms with Gasteiger partial charge in [-0.1, -0.05) is 35.3 Å². The van der Waals surface area contributed by atoms with E-state index >= 15 is 0 Å². The van der Waals surface area contributed by atoms with Gasteiger partial charge in [-0.15, -0.1) is 10.2 Å². The van der Waals surface area contributed by atoms with Crippen molar-refractivity contribution in [2.45, 2.75) is 45.1 Å². The van der Waals surface area contributed by atoms with Crippen molar-refractivity contribution in [2.75, 3.05) is 11.9 Å². The summed E-state index contributed by atoms with van der Waals surface area (Å²) in [4.78, 5) is 29.6. The highest BCUT2D eigenvalue weighted by atomic mass is 35.5. The second-order valence-corrected chi connectivity index (χ2v) is 9.21. The van der Waals surface area contributed by atoms with Crippen LogP contribution < -0.4 is 5.32 Å². The number of carbonyl (C=O) groups excluding carboxylic acids is 2. The van der Waals surface area contributed by atoms with Crippen LogP contribution in [0.25, 0.3) is 0 Å². The number of pyridine rings is 1. The van der Waals surface area contributed by atoms with Gasteiger partial charge in [-0.05, 0) is 36.8 Å². The summed E-state index contributed by atoms with van der Waals surface area (Å²) in [5.41, 5.74) is -0.370. The van der Waals surface area contributed by atoms with Crippen LogP contribution in [0.2, 0.25) is 10.2 Å². The van der Waals surface area contributed by atoms with Crippen molar-refractivity contribution in [3.05, 3.63) is 69.5 Å². The molecule has 2 atom stereocenters. The van der Waals surface area contributed by atoms with E-state index in [4.69, 9.17) is 27.9 Å². The Bertz CT molecular complexity index is 1320. The monoisotopic (exact) mass is 556 g/mol. The number of amides is 2. The van der Waals surface area contributed by atoms with Gasteiger partial charge in [0.1, 0.15) is 17.6 Å². The van der Waals surface area contributed by atoms with Gasteiger partial charge in [-0.3, -0.25) is 4.79 Å². The molecule has 0 radical (unpaired) electrons. The Hall–Kier alpha value is -3.38. The number of anilines is 1. The quantitative estimate of drug-likeness (QED) is 0.339. The van der Waals surface area contributed by atoms with Gasteiger partial charge in [-0.2, -0.15) is 13.2 Å². The number of esters is 1. The molecule has 1 aliphatic heterocycles. The number of hydrogen-bond donors (Lipinski definition) is 1. The van der Waals surface area contributed by atoms with Crippen LogP contribution in [0.5, 0.6) is 0 Å². The molecule has 0 bridgehead atoms. The van der Waals surface area contributed by atoms with Gasteiger partial charge >= 0.3 is 18.2 Å². The van der Waals surface area contributed by atoms with E-state index < -0.39 is 41.2 Å². The van der Waals surface area contributed by atoms with Crippen LogP contribution in [0.1, 0.15) is 42.3 Å². The zero-order valence-electron chi connectivity index (χ0n) is 19.6. The molecule has 0 aliphatic carbocycles. The lowest BCUT2D eigenvalue weighted by Gasteiger charge is -2.25. The third-order valence-corrected chi connectivity index (χ3v) is 6.29. The molecule has 37 heavy (non-hydrogen) atoms. The first-order valence-electron chi connectivity index (χ1n) is 11.0. The maximum Gasteiger partial charge on any atom is 0.433 e. The number of aryl methyl sites for hydroxylation is 1. The van der Waals surface area contributed by atoms with Crippen molar-refractivity contribution in [3.63, 3.8) is 0 Å². The average Bonchev–Trinajstić information content (AvgIpc) is 3.38. The van der Waals surface area contributed by atoms with Crippen LogP contribution >= 0.6 is 23.2 Å². The lowest BCUT2D eigenvalue weighted by Crippen LogP contribution is -2.37. The molecule has 1 N–H and O–H groups in total. The second kappa shape index (κ2) is 10.5. The largest absolute Gasteiger partial charge is 0.461 e. The molecule has 14 heteroatoms. The van der Waals surface area contributed by atoms with E-state index in [1.807, 2.05) is 16.7 Å². The number of hydrogen-bond acceptors (Lipinski definition) is 6. The van der Waals surface area contributed by atoms with Gasteiger partial charge in [0.25, 0.3) is 0 Å². The third kappa shape index (κ3) is 6.13. The van der Waals surface area contributed by atoms with Crippen LogP contribution in [0.4, 0.5) is 23.7 Å². The van der Waals surface area contributed by atoms with Crippen molar-refractivity contribution < 1.29 is 27.5 Å². The first kappa shape index (κ1) is 26.7. The highest BCUT2D eigenvalue weighted by molar-refractivity contribution is 6.32. The maximum absolute atomic E-state index is 13.3. The summed E-state index contributed by atoms with van der Waals surface area (Å²) in [6.07, 6.45) is -5.07. The molecule has 3 heterocycles. The Balaban J connectivity index is 1.62. The second-order valence-electron chi connectivity index (χ2n) is 8.42. The van der Waals surface area contributed by atoms with Gasteiger partial charge < -0.3 is 19.5 Å². The number of halogens is 5. The summed E-state index contributed by atoms with van der Waals surface area (Å²) in [6.45, 7) is 3.44. The third-order valence-electron chi connectivity index (χ3n) is 5.75.